The number of morpholine rings is 1. The van der Waals surface area contributed by atoms with Crippen LogP contribution < -0.4 is 9.64 Å². The van der Waals surface area contributed by atoms with E-state index in [9.17, 15) is 4.79 Å². The minimum Gasteiger partial charge on any atom is -0.497 e. The highest BCUT2D eigenvalue weighted by Crippen LogP contribution is 2.33. The predicted molar refractivity (Wildman–Crippen MR) is 106 cm³/mol. The summed E-state index contributed by atoms with van der Waals surface area (Å²) in [4.78, 5) is 17.0. The van der Waals surface area contributed by atoms with E-state index in [0.29, 0.717) is 6.42 Å². The molecule has 2 aliphatic rings. The average Bonchev–Trinajstić information content (AvgIpc) is 2.73. The first-order valence-corrected chi connectivity index (χ1v) is 9.62. The lowest BCUT2D eigenvalue weighted by Crippen LogP contribution is -2.44. The van der Waals surface area contributed by atoms with Crippen LogP contribution in [0.2, 0.25) is 0 Å². The summed E-state index contributed by atoms with van der Waals surface area (Å²) >= 11 is 0. The number of carbonyl (C=O) groups excluding carboxylic acids is 1. The molecule has 2 aromatic carbocycles. The summed E-state index contributed by atoms with van der Waals surface area (Å²) in [6.45, 7) is 5.08. The van der Waals surface area contributed by atoms with Crippen molar-refractivity contribution >= 4 is 11.6 Å². The molecule has 5 nitrogen and oxygen atoms in total. The molecule has 142 valence electrons. The van der Waals surface area contributed by atoms with Crippen LogP contribution in [0.4, 0.5) is 5.69 Å². The van der Waals surface area contributed by atoms with E-state index in [-0.39, 0.29) is 5.91 Å². The maximum Gasteiger partial charge on any atom is 0.227 e. The van der Waals surface area contributed by atoms with Gasteiger partial charge >= 0.3 is 0 Å². The second kappa shape index (κ2) is 8.11. The maximum absolute atomic E-state index is 12.6. The Morgan fingerprint density at radius 1 is 0.963 bits per heavy atom. The number of nitrogens with zero attached hydrogens (tertiary/aromatic N) is 2. The van der Waals surface area contributed by atoms with E-state index in [2.05, 4.69) is 35.2 Å². The minimum absolute atomic E-state index is 0.225. The van der Waals surface area contributed by atoms with Gasteiger partial charge in [-0.3, -0.25) is 9.69 Å². The number of hydrogen-bond acceptors (Lipinski definition) is 4. The molecule has 0 unspecified atom stereocenters. The first kappa shape index (κ1) is 18.0. The van der Waals surface area contributed by atoms with Crippen molar-refractivity contribution < 1.29 is 14.3 Å². The van der Waals surface area contributed by atoms with Crippen LogP contribution in [0.25, 0.3) is 11.1 Å². The molecule has 0 aromatic heterocycles. The van der Waals surface area contributed by atoms with Gasteiger partial charge in [0.15, 0.2) is 0 Å². The normalized spacial score (nSPS) is 17.7. The Balaban J connectivity index is 1.56. The fraction of sp³-hybridized carbons (Fsp3) is 0.409. The zero-order valence-corrected chi connectivity index (χ0v) is 15.8. The predicted octanol–water partition coefficient (Wildman–Crippen LogP) is 2.97. The van der Waals surface area contributed by atoms with Gasteiger partial charge in [0.05, 0.1) is 20.3 Å². The molecule has 2 aromatic rings. The molecule has 4 rings (SSSR count). The Kier molecular flexibility index (Phi) is 5.41. The lowest BCUT2D eigenvalue weighted by molar-refractivity contribution is -0.119. The van der Waals surface area contributed by atoms with Gasteiger partial charge in [-0.2, -0.15) is 0 Å². The zero-order valence-electron chi connectivity index (χ0n) is 15.8. The van der Waals surface area contributed by atoms with Crippen LogP contribution in [0.5, 0.6) is 5.75 Å². The van der Waals surface area contributed by atoms with Crippen molar-refractivity contribution in [2.45, 2.75) is 12.8 Å². The van der Waals surface area contributed by atoms with E-state index in [1.807, 2.05) is 17.0 Å². The molecule has 27 heavy (non-hydrogen) atoms. The number of hydrogen-bond donors (Lipinski definition) is 0. The highest BCUT2D eigenvalue weighted by atomic mass is 16.5. The summed E-state index contributed by atoms with van der Waals surface area (Å²) in [7, 11) is 1.67. The second-order valence-electron chi connectivity index (χ2n) is 7.07. The number of methoxy groups -OCH3 is 1. The van der Waals surface area contributed by atoms with E-state index < -0.39 is 0 Å². The number of fused-ring (bicyclic) bond motifs is 1. The number of anilines is 1. The van der Waals surface area contributed by atoms with Crippen LogP contribution >= 0.6 is 0 Å². The molecular formula is C22H26N2O3. The van der Waals surface area contributed by atoms with Crippen LogP contribution in [-0.4, -0.2) is 57.3 Å². The van der Waals surface area contributed by atoms with Gasteiger partial charge in [0.2, 0.25) is 5.91 Å². The molecule has 0 atom stereocenters. The highest BCUT2D eigenvalue weighted by Gasteiger charge is 2.25. The van der Waals surface area contributed by atoms with Crippen molar-refractivity contribution in [3.05, 3.63) is 48.0 Å². The Labute approximate surface area is 160 Å². The lowest BCUT2D eigenvalue weighted by atomic mass is 9.96. The fourth-order valence-electron chi connectivity index (χ4n) is 3.81. The Hall–Kier alpha value is -2.37. The Morgan fingerprint density at radius 3 is 2.44 bits per heavy atom. The lowest BCUT2D eigenvalue weighted by Gasteiger charge is -2.33. The topological polar surface area (TPSA) is 42.0 Å². The zero-order chi connectivity index (χ0) is 18.6. The third kappa shape index (κ3) is 3.99. The highest BCUT2D eigenvalue weighted by molar-refractivity contribution is 5.97. The molecule has 2 aliphatic heterocycles. The van der Waals surface area contributed by atoms with Gasteiger partial charge in [0.1, 0.15) is 5.75 Å². The van der Waals surface area contributed by atoms with Gasteiger partial charge in [0.25, 0.3) is 0 Å². The monoisotopic (exact) mass is 366 g/mol. The molecule has 1 amide bonds. The maximum atomic E-state index is 12.6. The second-order valence-corrected chi connectivity index (χ2v) is 7.07. The van der Waals surface area contributed by atoms with Crippen molar-refractivity contribution in [2.75, 3.05) is 51.4 Å². The molecule has 1 saturated heterocycles. The standard InChI is InChI=1S/C22H26N2O3/c1-26-20-7-4-17(5-8-20)19-3-2-18-6-9-22(25)24(21(18)16-19)11-10-23-12-14-27-15-13-23/h2-5,7-8,16H,6,9-15H2,1H3. The molecule has 1 fully saturated rings. The van der Waals surface area contributed by atoms with Gasteiger partial charge in [-0.1, -0.05) is 24.3 Å². The molecule has 0 spiro atoms. The summed E-state index contributed by atoms with van der Waals surface area (Å²) < 4.78 is 10.7. The van der Waals surface area contributed by atoms with Crippen molar-refractivity contribution in [1.29, 1.82) is 0 Å². The van der Waals surface area contributed by atoms with Crippen molar-refractivity contribution in [1.82, 2.24) is 4.90 Å². The smallest absolute Gasteiger partial charge is 0.227 e. The molecule has 0 aliphatic carbocycles. The summed E-state index contributed by atoms with van der Waals surface area (Å²) in [5, 5.41) is 0. The Morgan fingerprint density at radius 2 is 1.70 bits per heavy atom. The van der Waals surface area contributed by atoms with Crippen LogP contribution in [0.3, 0.4) is 0 Å². The van der Waals surface area contributed by atoms with E-state index in [1.54, 1.807) is 7.11 Å². The number of ether oxygens (including phenoxy) is 2. The van der Waals surface area contributed by atoms with Gasteiger partial charge in [-0.05, 0) is 41.3 Å². The molecular weight excluding hydrogens is 340 g/mol. The first-order chi connectivity index (χ1) is 13.2. The molecule has 2 heterocycles. The number of amides is 1. The van der Waals surface area contributed by atoms with E-state index >= 15 is 0 Å². The number of aryl methyl sites for hydroxylation is 1. The van der Waals surface area contributed by atoms with E-state index in [1.165, 1.54) is 5.56 Å². The summed E-state index contributed by atoms with van der Waals surface area (Å²) in [5.41, 5.74) is 4.58. The van der Waals surface area contributed by atoms with E-state index in [0.717, 1.165) is 68.4 Å². The third-order valence-electron chi connectivity index (χ3n) is 5.45. The van der Waals surface area contributed by atoms with Crippen molar-refractivity contribution in [3.8, 4) is 16.9 Å². The average molecular weight is 366 g/mol. The summed E-state index contributed by atoms with van der Waals surface area (Å²) in [6.07, 6.45) is 1.42. The van der Waals surface area contributed by atoms with Crippen LogP contribution in [0, 0.1) is 0 Å². The summed E-state index contributed by atoms with van der Waals surface area (Å²) in [5.74, 6) is 1.07. The molecule has 0 N–H and O–H groups in total. The van der Waals surface area contributed by atoms with Crippen LogP contribution in [-0.2, 0) is 16.0 Å². The van der Waals surface area contributed by atoms with E-state index in [4.69, 9.17) is 9.47 Å². The van der Waals surface area contributed by atoms with Gasteiger partial charge < -0.3 is 14.4 Å². The van der Waals surface area contributed by atoms with Crippen molar-refractivity contribution in [3.63, 3.8) is 0 Å². The minimum atomic E-state index is 0.225. The molecule has 0 radical (unpaired) electrons. The molecule has 5 heteroatoms. The Bertz CT molecular complexity index is 798. The third-order valence-corrected chi connectivity index (χ3v) is 5.45. The fourth-order valence-corrected chi connectivity index (χ4v) is 3.81. The van der Waals surface area contributed by atoms with Crippen LogP contribution in [0.1, 0.15) is 12.0 Å². The number of benzene rings is 2. The van der Waals surface area contributed by atoms with Gasteiger partial charge in [-0.15, -0.1) is 0 Å². The van der Waals surface area contributed by atoms with Gasteiger partial charge in [-0.25, -0.2) is 0 Å². The quantitative estimate of drug-likeness (QED) is 0.816. The van der Waals surface area contributed by atoms with Crippen molar-refractivity contribution in [2.24, 2.45) is 0 Å². The number of carbonyl (C=O) groups is 1. The first-order valence-electron chi connectivity index (χ1n) is 9.62. The van der Waals surface area contributed by atoms with Gasteiger partial charge in [0, 0.05) is 38.3 Å². The largest absolute Gasteiger partial charge is 0.497 e. The SMILES string of the molecule is COc1ccc(-c2ccc3c(c2)N(CCN2CCOCC2)C(=O)CC3)cc1. The van der Waals surface area contributed by atoms with Crippen LogP contribution in [0.15, 0.2) is 42.5 Å². The number of rotatable bonds is 5. The summed E-state index contributed by atoms with van der Waals surface area (Å²) in [6, 6.07) is 14.5. The molecule has 0 bridgehead atoms. The molecule has 0 saturated carbocycles.